The smallest absolute Gasteiger partial charge is 0.399 e. The van der Waals surface area contributed by atoms with Gasteiger partial charge in [0.05, 0.1) is 22.6 Å². The summed E-state index contributed by atoms with van der Waals surface area (Å²) in [6.45, 7) is 12.7. The summed E-state index contributed by atoms with van der Waals surface area (Å²) in [5.74, 6) is 0. The predicted octanol–water partition coefficient (Wildman–Crippen LogP) is 8.30. The van der Waals surface area contributed by atoms with Crippen LogP contribution in [0.5, 0.6) is 0 Å². The normalized spacial score (nSPS) is 15.4. The minimum Gasteiger partial charge on any atom is -0.399 e. The Morgan fingerprint density at radius 1 is 0.511 bits per heavy atom. The van der Waals surface area contributed by atoms with Crippen LogP contribution in [-0.2, 0) is 35.0 Å². The second-order valence-electron chi connectivity index (χ2n) is 13.5. The first-order valence-electron chi connectivity index (χ1n) is 16.1. The zero-order chi connectivity index (χ0) is 31.6. The van der Waals surface area contributed by atoms with E-state index in [9.17, 15) is 0 Å². The van der Waals surface area contributed by atoms with Crippen LogP contribution < -0.4 is 5.46 Å². The molecule has 5 aromatic rings. The van der Waals surface area contributed by atoms with Gasteiger partial charge in [-0.05, 0) is 130 Å². The molecule has 45 heavy (non-hydrogen) atoms. The fourth-order valence-electron chi connectivity index (χ4n) is 5.84. The van der Waals surface area contributed by atoms with Crippen LogP contribution in [-0.4, -0.2) is 28.3 Å². The van der Waals surface area contributed by atoms with Gasteiger partial charge in [-0.25, -0.2) is 0 Å². The van der Waals surface area contributed by atoms with E-state index in [2.05, 4.69) is 130 Å². The Balaban J connectivity index is 1.19. The van der Waals surface area contributed by atoms with Crippen molar-refractivity contribution in [1.29, 1.82) is 0 Å². The molecule has 6 rings (SSSR count). The molecule has 0 amide bonds. The van der Waals surface area contributed by atoms with E-state index in [1.807, 2.05) is 24.5 Å². The molecule has 0 unspecified atom stereocenters. The molecule has 1 aliphatic rings. The van der Waals surface area contributed by atoms with Crippen LogP contribution in [0, 0.1) is 13.8 Å². The molecule has 0 bridgehead atoms. The van der Waals surface area contributed by atoms with Gasteiger partial charge in [-0.2, -0.15) is 0 Å². The maximum atomic E-state index is 6.48. The van der Waals surface area contributed by atoms with Crippen molar-refractivity contribution >= 4 is 12.6 Å². The number of rotatable bonds is 9. The van der Waals surface area contributed by atoms with Crippen molar-refractivity contribution in [3.63, 3.8) is 0 Å². The maximum absolute atomic E-state index is 6.48. The van der Waals surface area contributed by atoms with E-state index >= 15 is 0 Å². The highest BCUT2D eigenvalue weighted by Gasteiger charge is 2.51. The van der Waals surface area contributed by atoms with Crippen molar-refractivity contribution in [2.45, 2.75) is 78.4 Å². The van der Waals surface area contributed by atoms with E-state index in [0.717, 1.165) is 53.7 Å². The number of pyridine rings is 2. The van der Waals surface area contributed by atoms with Gasteiger partial charge in [0.1, 0.15) is 0 Å². The molecule has 1 aliphatic heterocycles. The van der Waals surface area contributed by atoms with Crippen molar-refractivity contribution in [3.05, 3.63) is 137 Å². The summed E-state index contributed by atoms with van der Waals surface area (Å²) in [5, 5.41) is 0. The van der Waals surface area contributed by atoms with Crippen LogP contribution in [0.1, 0.15) is 61.1 Å². The fourth-order valence-corrected chi connectivity index (χ4v) is 5.84. The first kappa shape index (κ1) is 30.9. The lowest BCUT2D eigenvalue weighted by molar-refractivity contribution is 0.00578. The Bertz CT molecular complexity index is 1650. The van der Waals surface area contributed by atoms with Crippen LogP contribution in [0.3, 0.4) is 0 Å². The maximum Gasteiger partial charge on any atom is 0.494 e. The Hall–Kier alpha value is -4.06. The van der Waals surface area contributed by atoms with Crippen molar-refractivity contribution in [2.75, 3.05) is 0 Å². The van der Waals surface area contributed by atoms with Gasteiger partial charge in [0.15, 0.2) is 0 Å². The average molecular weight is 595 g/mol. The topological polar surface area (TPSA) is 44.2 Å². The summed E-state index contributed by atoms with van der Waals surface area (Å²) in [7, 11) is -0.379. The first-order chi connectivity index (χ1) is 21.5. The number of aryl methyl sites for hydroxylation is 6. The lowest BCUT2D eigenvalue weighted by Crippen LogP contribution is -2.41. The third kappa shape index (κ3) is 7.27. The van der Waals surface area contributed by atoms with Gasteiger partial charge >= 0.3 is 7.12 Å². The Labute approximate surface area is 269 Å². The van der Waals surface area contributed by atoms with Gasteiger partial charge in [0.25, 0.3) is 0 Å². The largest absolute Gasteiger partial charge is 0.494 e. The van der Waals surface area contributed by atoms with Crippen molar-refractivity contribution in [3.8, 4) is 22.5 Å². The molecule has 1 saturated heterocycles. The molecule has 3 heterocycles. The number of aromatic nitrogens is 2. The van der Waals surface area contributed by atoms with Crippen molar-refractivity contribution in [1.82, 2.24) is 9.97 Å². The van der Waals surface area contributed by atoms with E-state index in [-0.39, 0.29) is 18.3 Å². The van der Waals surface area contributed by atoms with Gasteiger partial charge < -0.3 is 9.31 Å². The summed E-state index contributed by atoms with van der Waals surface area (Å²) >= 11 is 0. The summed E-state index contributed by atoms with van der Waals surface area (Å²) in [5.41, 5.74) is 12.4. The van der Waals surface area contributed by atoms with E-state index in [1.54, 1.807) is 0 Å². The van der Waals surface area contributed by atoms with Gasteiger partial charge in [-0.3, -0.25) is 9.97 Å². The number of benzene rings is 3. The molecule has 0 atom stereocenters. The summed E-state index contributed by atoms with van der Waals surface area (Å²) in [6.07, 6.45) is 7.56. The lowest BCUT2D eigenvalue weighted by atomic mass is 9.76. The summed E-state index contributed by atoms with van der Waals surface area (Å²) in [6, 6.07) is 32.9. The lowest BCUT2D eigenvalue weighted by Gasteiger charge is -2.32. The van der Waals surface area contributed by atoms with Crippen LogP contribution in [0.2, 0.25) is 0 Å². The number of nitrogens with zero attached hydrogens (tertiary/aromatic N) is 2. The molecule has 0 aliphatic carbocycles. The monoisotopic (exact) mass is 594 g/mol. The molecular weight excluding hydrogens is 551 g/mol. The van der Waals surface area contributed by atoms with Crippen LogP contribution in [0.15, 0.2) is 103 Å². The van der Waals surface area contributed by atoms with Crippen LogP contribution >= 0.6 is 0 Å². The molecule has 1 fully saturated rings. The molecular formula is C40H43BN2O2. The molecule has 4 nitrogen and oxygen atoms in total. The molecule has 5 heteroatoms. The predicted molar refractivity (Wildman–Crippen MR) is 186 cm³/mol. The van der Waals surface area contributed by atoms with Crippen LogP contribution in [0.4, 0.5) is 0 Å². The fraction of sp³-hybridized carbons (Fsp3) is 0.300. The molecule has 0 radical (unpaired) electrons. The second-order valence-corrected chi connectivity index (χ2v) is 13.5. The van der Waals surface area contributed by atoms with E-state index in [4.69, 9.17) is 9.31 Å². The Kier molecular flexibility index (Phi) is 8.77. The molecule has 228 valence electrons. The highest BCUT2D eigenvalue weighted by molar-refractivity contribution is 6.62. The molecule has 2 aromatic heterocycles. The third-order valence-electron chi connectivity index (χ3n) is 9.34. The number of hydrogen-bond acceptors (Lipinski definition) is 4. The molecule has 0 saturated carbocycles. The zero-order valence-corrected chi connectivity index (χ0v) is 27.4. The van der Waals surface area contributed by atoms with E-state index in [1.165, 1.54) is 33.4 Å². The van der Waals surface area contributed by atoms with Gasteiger partial charge in [-0.15, -0.1) is 0 Å². The Morgan fingerprint density at radius 3 is 1.31 bits per heavy atom. The minimum absolute atomic E-state index is 0.379. The van der Waals surface area contributed by atoms with Crippen molar-refractivity contribution < 1.29 is 9.31 Å². The van der Waals surface area contributed by atoms with Crippen molar-refractivity contribution in [2.24, 2.45) is 0 Å². The number of hydrogen-bond donors (Lipinski definition) is 0. The molecule has 3 aromatic carbocycles. The summed E-state index contributed by atoms with van der Waals surface area (Å²) < 4.78 is 13.0. The average Bonchev–Trinajstić information content (AvgIpc) is 3.25. The highest BCUT2D eigenvalue weighted by Crippen LogP contribution is 2.36. The van der Waals surface area contributed by atoms with Gasteiger partial charge in [0, 0.05) is 23.5 Å². The first-order valence-corrected chi connectivity index (χ1v) is 16.1. The quantitative estimate of drug-likeness (QED) is 0.161. The van der Waals surface area contributed by atoms with Gasteiger partial charge in [-0.1, -0.05) is 66.7 Å². The van der Waals surface area contributed by atoms with Crippen LogP contribution in [0.25, 0.3) is 22.5 Å². The second kappa shape index (κ2) is 12.7. The standard InChI is InChI=1S/C40H43BN2O2/c1-28-19-21-42-37(23-28)34-15-11-30(12-16-34)7-9-32-25-33(27-36(26-32)41-44-39(3,4)40(5,6)45-41)10-8-31-13-17-35(18-14-31)38-24-29(2)20-22-43-38/h11-27H,7-10H2,1-6H3. The van der Waals surface area contributed by atoms with E-state index in [0.29, 0.717) is 0 Å². The van der Waals surface area contributed by atoms with Gasteiger partial charge in [0.2, 0.25) is 0 Å². The molecule has 0 spiro atoms. The van der Waals surface area contributed by atoms with E-state index < -0.39 is 0 Å². The Morgan fingerprint density at radius 2 is 0.911 bits per heavy atom. The third-order valence-corrected chi connectivity index (χ3v) is 9.34. The molecule has 0 N–H and O–H groups in total. The minimum atomic E-state index is -0.379. The zero-order valence-electron chi connectivity index (χ0n) is 27.4. The SMILES string of the molecule is Cc1ccnc(-c2ccc(CCc3cc(CCc4ccc(-c5cc(C)ccn5)cc4)cc(B4OC(C)(C)C(C)(C)O4)c3)cc2)c1. The summed E-state index contributed by atoms with van der Waals surface area (Å²) in [4.78, 5) is 9.09. The highest BCUT2D eigenvalue weighted by atomic mass is 16.7.